The molecule has 1 amide bonds. The number of halogens is 2. The predicted molar refractivity (Wildman–Crippen MR) is 120 cm³/mol. The summed E-state index contributed by atoms with van der Waals surface area (Å²) in [6, 6.07) is 22.0. The maximum absolute atomic E-state index is 13.3. The summed E-state index contributed by atoms with van der Waals surface area (Å²) in [7, 11) is 0. The molecule has 0 radical (unpaired) electrons. The van der Waals surface area contributed by atoms with Crippen molar-refractivity contribution in [3.63, 3.8) is 0 Å². The zero-order chi connectivity index (χ0) is 22.5. The molecule has 3 aromatic carbocycles. The molecule has 0 fully saturated rings. The van der Waals surface area contributed by atoms with Gasteiger partial charge in [0, 0.05) is 28.4 Å². The van der Waals surface area contributed by atoms with Crippen LogP contribution in [0.1, 0.15) is 15.9 Å². The maximum Gasteiger partial charge on any atom is 0.271 e. The zero-order valence-electron chi connectivity index (χ0n) is 16.7. The Morgan fingerprint density at radius 2 is 1.75 bits per heavy atom. The number of aromatic nitrogens is 2. The molecule has 0 unspecified atom stereocenters. The Hall–Kier alpha value is -3.97. The van der Waals surface area contributed by atoms with Crippen LogP contribution in [0.3, 0.4) is 0 Å². The molecule has 0 aliphatic heterocycles. The number of rotatable bonds is 6. The summed E-state index contributed by atoms with van der Waals surface area (Å²) in [6.07, 6.45) is 0. The van der Waals surface area contributed by atoms with Crippen LogP contribution in [0.2, 0.25) is 5.02 Å². The number of nitrogens with one attached hydrogen (secondary N) is 1. The molecular weight excluding hydrogens is 433 g/mol. The van der Waals surface area contributed by atoms with Crippen LogP contribution in [0.25, 0.3) is 5.69 Å². The fourth-order valence-electron chi connectivity index (χ4n) is 2.92. The summed E-state index contributed by atoms with van der Waals surface area (Å²) in [6.45, 7) is 0.265. The van der Waals surface area contributed by atoms with E-state index >= 15 is 0 Å². The number of hydrogen-bond acceptors (Lipinski definition) is 4. The van der Waals surface area contributed by atoms with Gasteiger partial charge in [-0.1, -0.05) is 29.8 Å². The van der Waals surface area contributed by atoms with E-state index in [1.54, 1.807) is 42.5 Å². The standard InChI is InChI=1S/C24H17ClFN3O3/c25-18-8-4-16(5-9-18)15-32-22-12-13-23(30)29(28-22)21-10-6-17(7-11-21)24(31)27-20-3-1-2-19(26)14-20/h1-14H,15H2,(H,27,31). The first-order chi connectivity index (χ1) is 15.5. The molecule has 4 rings (SSSR count). The van der Waals surface area contributed by atoms with Gasteiger partial charge in [-0.05, 0) is 60.2 Å². The van der Waals surface area contributed by atoms with Crippen molar-refractivity contribution in [2.45, 2.75) is 6.61 Å². The molecule has 1 aromatic heterocycles. The van der Waals surface area contributed by atoms with Crippen LogP contribution < -0.4 is 15.6 Å². The third-order valence-corrected chi connectivity index (χ3v) is 4.78. The van der Waals surface area contributed by atoms with Gasteiger partial charge in [0.05, 0.1) is 5.69 Å². The average molecular weight is 450 g/mol. The maximum atomic E-state index is 13.3. The smallest absolute Gasteiger partial charge is 0.271 e. The van der Waals surface area contributed by atoms with Crippen molar-refractivity contribution in [2.75, 3.05) is 5.32 Å². The van der Waals surface area contributed by atoms with E-state index in [0.29, 0.717) is 22.0 Å². The highest BCUT2D eigenvalue weighted by atomic mass is 35.5. The fraction of sp³-hybridized carbons (Fsp3) is 0.0417. The Morgan fingerprint density at radius 1 is 1.00 bits per heavy atom. The molecule has 0 aliphatic carbocycles. The Kier molecular flexibility index (Phi) is 6.28. The van der Waals surface area contributed by atoms with E-state index in [4.69, 9.17) is 16.3 Å². The molecule has 1 N–H and O–H groups in total. The molecule has 6 nitrogen and oxygen atoms in total. The summed E-state index contributed by atoms with van der Waals surface area (Å²) in [4.78, 5) is 24.7. The predicted octanol–water partition coefficient (Wildman–Crippen LogP) is 4.86. The highest BCUT2D eigenvalue weighted by molar-refractivity contribution is 6.30. The summed E-state index contributed by atoms with van der Waals surface area (Å²) >= 11 is 5.88. The van der Waals surface area contributed by atoms with Gasteiger partial charge in [-0.2, -0.15) is 4.68 Å². The summed E-state index contributed by atoms with van der Waals surface area (Å²) in [5, 5.41) is 7.50. The van der Waals surface area contributed by atoms with E-state index < -0.39 is 11.7 Å². The van der Waals surface area contributed by atoms with E-state index in [1.165, 1.54) is 35.0 Å². The van der Waals surface area contributed by atoms with Gasteiger partial charge in [0.15, 0.2) is 0 Å². The van der Waals surface area contributed by atoms with Crippen LogP contribution >= 0.6 is 11.6 Å². The second-order valence-corrected chi connectivity index (χ2v) is 7.28. The largest absolute Gasteiger partial charge is 0.472 e. The molecular formula is C24H17ClFN3O3. The SMILES string of the molecule is O=C(Nc1cccc(F)c1)c1ccc(-n2nc(OCc3ccc(Cl)cc3)ccc2=O)cc1. The first-order valence-corrected chi connectivity index (χ1v) is 10.0. The van der Waals surface area contributed by atoms with Crippen molar-refractivity contribution in [2.24, 2.45) is 0 Å². The number of carbonyl (C=O) groups is 1. The molecule has 0 saturated heterocycles. The molecule has 0 bridgehead atoms. The third kappa shape index (κ3) is 5.19. The Bertz CT molecular complexity index is 1310. The van der Waals surface area contributed by atoms with Crippen molar-refractivity contribution in [3.05, 3.63) is 117 Å². The Balaban J connectivity index is 1.48. The second kappa shape index (κ2) is 9.45. The van der Waals surface area contributed by atoms with Crippen molar-refractivity contribution in [1.82, 2.24) is 9.78 Å². The minimum absolute atomic E-state index is 0.265. The van der Waals surface area contributed by atoms with Gasteiger partial charge < -0.3 is 10.1 Å². The van der Waals surface area contributed by atoms with Crippen molar-refractivity contribution in [1.29, 1.82) is 0 Å². The highest BCUT2D eigenvalue weighted by Gasteiger charge is 2.09. The molecule has 32 heavy (non-hydrogen) atoms. The number of amides is 1. The van der Waals surface area contributed by atoms with E-state index in [9.17, 15) is 14.0 Å². The number of nitrogens with zero attached hydrogens (tertiary/aromatic N) is 2. The number of carbonyl (C=O) groups excluding carboxylic acids is 1. The van der Waals surface area contributed by atoms with Gasteiger partial charge in [-0.25, -0.2) is 4.39 Å². The van der Waals surface area contributed by atoms with Crippen LogP contribution in [-0.4, -0.2) is 15.7 Å². The van der Waals surface area contributed by atoms with Gasteiger partial charge in [-0.3, -0.25) is 9.59 Å². The van der Waals surface area contributed by atoms with Gasteiger partial charge in [0.1, 0.15) is 12.4 Å². The summed E-state index contributed by atoms with van der Waals surface area (Å²) in [5.41, 5.74) is 1.72. The second-order valence-electron chi connectivity index (χ2n) is 6.85. The van der Waals surface area contributed by atoms with Gasteiger partial charge in [0.25, 0.3) is 11.5 Å². The molecule has 160 valence electrons. The van der Waals surface area contributed by atoms with Gasteiger partial charge in [0.2, 0.25) is 5.88 Å². The third-order valence-electron chi connectivity index (χ3n) is 4.53. The fourth-order valence-corrected chi connectivity index (χ4v) is 3.04. The molecule has 8 heteroatoms. The van der Waals surface area contributed by atoms with Crippen LogP contribution in [0, 0.1) is 5.82 Å². The van der Waals surface area contributed by atoms with E-state index in [-0.39, 0.29) is 18.0 Å². The van der Waals surface area contributed by atoms with Gasteiger partial charge in [-0.15, -0.1) is 5.10 Å². The molecule has 4 aromatic rings. The van der Waals surface area contributed by atoms with E-state index in [0.717, 1.165) is 5.56 Å². The molecule has 0 atom stereocenters. The lowest BCUT2D eigenvalue weighted by molar-refractivity contribution is 0.102. The van der Waals surface area contributed by atoms with Crippen LogP contribution in [0.15, 0.2) is 89.7 Å². The normalized spacial score (nSPS) is 10.6. The lowest BCUT2D eigenvalue weighted by Crippen LogP contribution is -2.20. The number of ether oxygens (including phenoxy) is 1. The van der Waals surface area contributed by atoms with Crippen LogP contribution in [-0.2, 0) is 6.61 Å². The number of hydrogen-bond donors (Lipinski definition) is 1. The van der Waals surface area contributed by atoms with E-state index in [1.807, 2.05) is 12.1 Å². The minimum Gasteiger partial charge on any atom is -0.472 e. The first-order valence-electron chi connectivity index (χ1n) is 9.63. The quantitative estimate of drug-likeness (QED) is 0.456. The number of benzene rings is 3. The van der Waals surface area contributed by atoms with Crippen LogP contribution in [0.4, 0.5) is 10.1 Å². The van der Waals surface area contributed by atoms with Gasteiger partial charge >= 0.3 is 0 Å². The van der Waals surface area contributed by atoms with Crippen LogP contribution in [0.5, 0.6) is 5.88 Å². The van der Waals surface area contributed by atoms with E-state index in [2.05, 4.69) is 10.4 Å². The first kappa shape index (κ1) is 21.3. The lowest BCUT2D eigenvalue weighted by atomic mass is 10.2. The Morgan fingerprint density at radius 3 is 2.47 bits per heavy atom. The molecule has 0 aliphatic rings. The van der Waals surface area contributed by atoms with Crippen molar-refractivity contribution >= 4 is 23.2 Å². The summed E-state index contributed by atoms with van der Waals surface area (Å²) in [5.74, 6) is -0.572. The molecule has 0 saturated carbocycles. The van der Waals surface area contributed by atoms with Crippen molar-refractivity contribution < 1.29 is 13.9 Å². The number of anilines is 1. The average Bonchev–Trinajstić information content (AvgIpc) is 2.80. The summed E-state index contributed by atoms with van der Waals surface area (Å²) < 4.78 is 20.2. The lowest BCUT2D eigenvalue weighted by Gasteiger charge is -2.10. The Labute approximate surface area is 187 Å². The minimum atomic E-state index is -0.443. The monoisotopic (exact) mass is 449 g/mol. The molecule has 1 heterocycles. The van der Waals surface area contributed by atoms with Crippen molar-refractivity contribution in [3.8, 4) is 11.6 Å². The topological polar surface area (TPSA) is 73.2 Å². The highest BCUT2D eigenvalue weighted by Crippen LogP contribution is 2.15. The zero-order valence-corrected chi connectivity index (χ0v) is 17.4. The molecule has 0 spiro atoms.